The van der Waals surface area contributed by atoms with Gasteiger partial charge in [0.15, 0.2) is 11.6 Å². The van der Waals surface area contributed by atoms with Crippen LogP contribution in [0.2, 0.25) is 0 Å². The van der Waals surface area contributed by atoms with Gasteiger partial charge in [-0.3, -0.25) is 9.59 Å². The van der Waals surface area contributed by atoms with Gasteiger partial charge in [-0.1, -0.05) is 45.3 Å². The number of nitrogens with zero attached hydrogens (tertiary/aromatic N) is 3. The number of alkyl halides is 1. The highest BCUT2D eigenvalue weighted by Gasteiger charge is 2.35. The lowest BCUT2D eigenvalue weighted by molar-refractivity contribution is 0.0977. The molecule has 0 saturated heterocycles. The second-order valence-corrected chi connectivity index (χ2v) is 6.85. The second kappa shape index (κ2) is 6.68. The van der Waals surface area contributed by atoms with Gasteiger partial charge in [-0.2, -0.15) is 0 Å². The van der Waals surface area contributed by atoms with Crippen molar-refractivity contribution in [1.82, 2.24) is 0 Å². The molecule has 6 nitrogen and oxygen atoms in total. The summed E-state index contributed by atoms with van der Waals surface area (Å²) in [6.07, 6.45) is 0. The molecule has 2 aromatic rings. The quantitative estimate of drug-likeness (QED) is 0.226. The largest absolute Gasteiger partial charge is 0.507 e. The molecule has 0 unspecified atom stereocenters. The summed E-state index contributed by atoms with van der Waals surface area (Å²) in [4.78, 5) is 28.8. The molecule has 3 rings (SSSR count). The predicted molar refractivity (Wildman–Crippen MR) is 94.7 cm³/mol. The van der Waals surface area contributed by atoms with E-state index >= 15 is 0 Å². The molecule has 0 saturated carbocycles. The Morgan fingerprint density at radius 3 is 2.38 bits per heavy atom. The highest BCUT2D eigenvalue weighted by Crippen LogP contribution is 2.44. The number of benzene rings is 2. The number of aromatic hydroxyl groups is 1. The Labute approximate surface area is 149 Å². The van der Waals surface area contributed by atoms with E-state index in [1.165, 1.54) is 17.8 Å². The number of azide groups is 1. The summed E-state index contributed by atoms with van der Waals surface area (Å²) in [5.41, 5.74) is 9.29. The van der Waals surface area contributed by atoms with Gasteiger partial charge < -0.3 is 5.11 Å². The molecule has 0 aromatic heterocycles. The molecule has 0 fully saturated rings. The Morgan fingerprint density at radius 1 is 1.17 bits per heavy atom. The zero-order valence-electron chi connectivity index (χ0n) is 12.2. The van der Waals surface area contributed by atoms with Crippen LogP contribution < -0.4 is 0 Å². The summed E-state index contributed by atoms with van der Waals surface area (Å²) in [6.45, 7) is 0. The fraction of sp³-hybridized carbons (Fsp3) is 0.125. The number of phenols is 1. The van der Waals surface area contributed by atoms with Crippen LogP contribution in [0.1, 0.15) is 31.8 Å². The van der Waals surface area contributed by atoms with Crippen molar-refractivity contribution in [1.29, 1.82) is 0 Å². The summed E-state index contributed by atoms with van der Waals surface area (Å²) in [5, 5.41) is 14.6. The van der Waals surface area contributed by atoms with Crippen molar-refractivity contribution < 1.29 is 14.7 Å². The lowest BCUT2D eigenvalue weighted by atomic mass is 9.83. The zero-order valence-corrected chi connectivity index (χ0v) is 14.6. The van der Waals surface area contributed by atoms with Crippen LogP contribution >= 0.6 is 27.7 Å². The average Bonchev–Trinajstić information content (AvgIpc) is 2.59. The van der Waals surface area contributed by atoms with Crippen LogP contribution in [0.25, 0.3) is 10.4 Å². The van der Waals surface area contributed by atoms with E-state index in [2.05, 4.69) is 26.0 Å². The van der Waals surface area contributed by atoms with Crippen molar-refractivity contribution in [2.75, 3.05) is 11.1 Å². The molecular formula is C16H10BrN3O3S. The minimum atomic E-state index is -0.455. The number of thioether (sulfide) groups is 1. The minimum absolute atomic E-state index is 0.0337. The van der Waals surface area contributed by atoms with E-state index in [1.54, 1.807) is 24.3 Å². The van der Waals surface area contributed by atoms with E-state index in [-0.39, 0.29) is 33.7 Å². The third kappa shape index (κ3) is 2.58. The molecule has 1 N–H and O–H groups in total. The van der Waals surface area contributed by atoms with Crippen molar-refractivity contribution >= 4 is 44.9 Å². The lowest BCUT2D eigenvalue weighted by Crippen LogP contribution is -2.21. The van der Waals surface area contributed by atoms with Crippen molar-refractivity contribution in [3.05, 3.63) is 63.0 Å². The van der Waals surface area contributed by atoms with E-state index in [0.29, 0.717) is 16.0 Å². The Hall–Kier alpha value is -2.28. The molecule has 0 amide bonds. The van der Waals surface area contributed by atoms with E-state index < -0.39 is 11.6 Å². The first-order valence-corrected chi connectivity index (χ1v) is 9.03. The molecule has 0 atom stereocenters. The Balaban J connectivity index is 2.33. The molecule has 8 heteroatoms. The number of ketones is 2. The van der Waals surface area contributed by atoms with Gasteiger partial charge in [0.25, 0.3) is 0 Å². The maximum atomic E-state index is 12.9. The van der Waals surface area contributed by atoms with Crippen molar-refractivity contribution in [3.63, 3.8) is 0 Å². The summed E-state index contributed by atoms with van der Waals surface area (Å²) in [5.74, 6) is -0.527. The Morgan fingerprint density at radius 2 is 1.79 bits per heavy atom. The number of carbonyl (C=O) groups excluding carboxylic acids is 2. The average molecular weight is 404 g/mol. The monoisotopic (exact) mass is 403 g/mol. The molecule has 0 radical (unpaired) electrons. The van der Waals surface area contributed by atoms with Crippen LogP contribution in [0.4, 0.5) is 5.69 Å². The number of phenolic OH excluding ortho intramolecular Hbond substituents is 1. The molecule has 24 heavy (non-hydrogen) atoms. The summed E-state index contributed by atoms with van der Waals surface area (Å²) in [7, 11) is 0. The first-order chi connectivity index (χ1) is 11.6. The fourth-order valence-corrected chi connectivity index (χ4v) is 3.89. The molecule has 0 aliphatic heterocycles. The summed E-state index contributed by atoms with van der Waals surface area (Å²) < 4.78 is 0. The maximum Gasteiger partial charge on any atom is 0.198 e. The number of hydrogen-bond acceptors (Lipinski definition) is 5. The smallest absolute Gasteiger partial charge is 0.198 e. The molecule has 0 heterocycles. The van der Waals surface area contributed by atoms with Crippen LogP contribution in [0.15, 0.2) is 40.3 Å². The van der Waals surface area contributed by atoms with Crippen LogP contribution in [-0.4, -0.2) is 27.8 Å². The molecule has 1 aliphatic carbocycles. The van der Waals surface area contributed by atoms with E-state index in [1.807, 2.05) is 0 Å². The molecule has 120 valence electrons. The second-order valence-electron chi connectivity index (χ2n) is 4.92. The third-order valence-electron chi connectivity index (χ3n) is 3.59. The van der Waals surface area contributed by atoms with Crippen LogP contribution in [-0.2, 0) is 0 Å². The van der Waals surface area contributed by atoms with Gasteiger partial charge in [0.1, 0.15) is 5.75 Å². The van der Waals surface area contributed by atoms with Gasteiger partial charge in [-0.25, -0.2) is 0 Å². The number of rotatable bonds is 4. The molecule has 2 aromatic carbocycles. The van der Waals surface area contributed by atoms with Gasteiger partial charge in [-0.15, -0.1) is 11.8 Å². The highest BCUT2D eigenvalue weighted by atomic mass is 79.9. The molecule has 1 aliphatic rings. The number of hydrogen-bond donors (Lipinski definition) is 1. The standard InChI is InChI=1S/C16H10BrN3O3S/c17-5-6-24-11-7-10(21)12-13(14(11)19-20-18)16(23)9-4-2-1-3-8(9)15(12)22/h1-4,7,21H,5-6H2. The highest BCUT2D eigenvalue weighted by molar-refractivity contribution is 9.09. The van der Waals surface area contributed by atoms with Crippen LogP contribution in [0.3, 0.4) is 0 Å². The Bertz CT molecular complexity index is 923. The topological polar surface area (TPSA) is 103 Å². The van der Waals surface area contributed by atoms with Gasteiger partial charge in [0.05, 0.1) is 11.3 Å². The molecular weight excluding hydrogens is 394 g/mol. The molecule has 0 spiro atoms. The third-order valence-corrected chi connectivity index (χ3v) is 5.55. The first kappa shape index (κ1) is 16.6. The van der Waals surface area contributed by atoms with Crippen molar-refractivity contribution in [2.24, 2.45) is 5.11 Å². The SMILES string of the molecule is [N-]=[N+]=Nc1c(SCCBr)cc(O)c2c1C(=O)c1ccccc1C2=O. The van der Waals surface area contributed by atoms with Gasteiger partial charge >= 0.3 is 0 Å². The first-order valence-electron chi connectivity index (χ1n) is 6.92. The van der Waals surface area contributed by atoms with Gasteiger partial charge in [0, 0.05) is 37.6 Å². The summed E-state index contributed by atoms with van der Waals surface area (Å²) >= 11 is 4.62. The number of fused-ring (bicyclic) bond motifs is 2. The number of halogens is 1. The normalized spacial score (nSPS) is 12.4. The van der Waals surface area contributed by atoms with E-state index in [9.17, 15) is 14.7 Å². The number of carbonyl (C=O) groups is 2. The van der Waals surface area contributed by atoms with Crippen LogP contribution in [0.5, 0.6) is 5.75 Å². The van der Waals surface area contributed by atoms with Gasteiger partial charge in [-0.05, 0) is 11.6 Å². The van der Waals surface area contributed by atoms with Gasteiger partial charge in [0.2, 0.25) is 0 Å². The van der Waals surface area contributed by atoms with E-state index in [4.69, 9.17) is 5.53 Å². The van der Waals surface area contributed by atoms with E-state index in [0.717, 1.165) is 0 Å². The van der Waals surface area contributed by atoms with Crippen molar-refractivity contribution in [2.45, 2.75) is 4.90 Å². The summed E-state index contributed by atoms with van der Waals surface area (Å²) in [6, 6.07) is 7.77. The maximum absolute atomic E-state index is 12.9. The minimum Gasteiger partial charge on any atom is -0.507 e. The lowest BCUT2D eigenvalue weighted by Gasteiger charge is -2.21. The van der Waals surface area contributed by atoms with Crippen LogP contribution in [0, 0.1) is 0 Å². The molecule has 0 bridgehead atoms. The van der Waals surface area contributed by atoms with Crippen molar-refractivity contribution in [3.8, 4) is 5.75 Å². The Kier molecular flexibility index (Phi) is 4.62. The fourth-order valence-electron chi connectivity index (χ4n) is 2.64. The predicted octanol–water partition coefficient (Wildman–Crippen LogP) is 4.60. The zero-order chi connectivity index (χ0) is 17.3.